The number of methoxy groups -OCH3 is 1. The van der Waals surface area contributed by atoms with Crippen molar-refractivity contribution in [2.24, 2.45) is 18.7 Å². The summed E-state index contributed by atoms with van der Waals surface area (Å²) in [5.41, 5.74) is 6.44. The Balaban J connectivity index is 1.87. The number of aromatic nitrogens is 2. The van der Waals surface area contributed by atoms with Crippen molar-refractivity contribution in [1.29, 1.82) is 0 Å². The molecule has 43 heavy (non-hydrogen) atoms. The van der Waals surface area contributed by atoms with Gasteiger partial charge in [0.25, 0.3) is 0 Å². The van der Waals surface area contributed by atoms with E-state index in [2.05, 4.69) is 10.3 Å². The second-order valence-electron chi connectivity index (χ2n) is 11.8. The van der Waals surface area contributed by atoms with Gasteiger partial charge in [-0.1, -0.05) is 51.3 Å². The first kappa shape index (κ1) is 31.7. The van der Waals surface area contributed by atoms with Crippen molar-refractivity contribution >= 4 is 34.8 Å². The number of nitrogens with zero attached hydrogens (tertiary/aromatic N) is 3. The minimum atomic E-state index is -1.33. The summed E-state index contributed by atoms with van der Waals surface area (Å²) in [6, 6.07) is 4.58. The normalized spacial score (nSPS) is 16.1. The summed E-state index contributed by atoms with van der Waals surface area (Å²) in [5, 5.41) is 13.4. The lowest BCUT2D eigenvalue weighted by molar-refractivity contribution is -0.150. The number of aryl methyl sites for hydroxylation is 2. The quantitative estimate of drug-likeness (QED) is 0.290. The molecule has 1 saturated carbocycles. The van der Waals surface area contributed by atoms with Crippen molar-refractivity contribution in [2.45, 2.75) is 83.3 Å². The molecule has 1 aliphatic rings. The molecule has 1 aliphatic carbocycles. The first-order valence-electron chi connectivity index (χ1n) is 14.6. The number of ether oxygens (including phenoxy) is 1. The number of carbonyl (C=O) groups is 4. The van der Waals surface area contributed by atoms with E-state index in [-0.39, 0.29) is 36.1 Å². The van der Waals surface area contributed by atoms with E-state index in [0.717, 1.165) is 27.8 Å². The number of imide groups is 1. The predicted molar refractivity (Wildman–Crippen MR) is 158 cm³/mol. The lowest BCUT2D eigenvalue weighted by atomic mass is 9.81. The van der Waals surface area contributed by atoms with Crippen molar-refractivity contribution in [2.75, 3.05) is 7.11 Å². The highest BCUT2D eigenvalue weighted by molar-refractivity contribution is 5.99. The third-order valence-electron chi connectivity index (χ3n) is 8.13. The number of rotatable bonds is 10. The summed E-state index contributed by atoms with van der Waals surface area (Å²) in [7, 11) is 3.15. The molecule has 12 heteroatoms. The number of nitrogens with two attached hydrogens (primary N) is 1. The third-order valence-corrected chi connectivity index (χ3v) is 8.13. The molecule has 0 bridgehead atoms. The van der Waals surface area contributed by atoms with Crippen molar-refractivity contribution in [3.8, 4) is 0 Å². The monoisotopic (exact) mass is 595 g/mol. The highest BCUT2D eigenvalue weighted by atomic mass is 16.5. The van der Waals surface area contributed by atoms with E-state index in [1.54, 1.807) is 0 Å². The fourth-order valence-corrected chi connectivity index (χ4v) is 6.02. The van der Waals surface area contributed by atoms with Gasteiger partial charge >= 0.3 is 18.0 Å². The van der Waals surface area contributed by atoms with Crippen LogP contribution < -0.4 is 11.1 Å². The molecule has 1 aromatic carbocycles. The fourth-order valence-electron chi connectivity index (χ4n) is 6.02. The van der Waals surface area contributed by atoms with Gasteiger partial charge < -0.3 is 29.9 Å². The maximum Gasteiger partial charge on any atom is 0.358 e. The lowest BCUT2D eigenvalue weighted by Gasteiger charge is -2.38. The first-order valence-corrected chi connectivity index (χ1v) is 14.6. The van der Waals surface area contributed by atoms with E-state index >= 15 is 0 Å². The Kier molecular flexibility index (Phi) is 9.59. The van der Waals surface area contributed by atoms with Crippen molar-refractivity contribution in [3.05, 3.63) is 53.4 Å². The Hall–Kier alpha value is -4.19. The van der Waals surface area contributed by atoms with Crippen LogP contribution in [0.1, 0.15) is 86.1 Å². The van der Waals surface area contributed by atoms with Gasteiger partial charge in [0.2, 0.25) is 11.8 Å². The van der Waals surface area contributed by atoms with Gasteiger partial charge in [-0.15, -0.1) is 0 Å². The number of oxazole rings is 1. The molecule has 232 valence electrons. The van der Waals surface area contributed by atoms with Crippen LogP contribution in [0.25, 0.3) is 10.9 Å². The molecular formula is C31H41N5O7. The van der Waals surface area contributed by atoms with Gasteiger partial charge in [0.15, 0.2) is 5.69 Å². The predicted octanol–water partition coefficient (Wildman–Crippen LogP) is 4.24. The van der Waals surface area contributed by atoms with Crippen LogP contribution in [-0.2, 0) is 27.8 Å². The molecule has 4 N–H and O–H groups in total. The summed E-state index contributed by atoms with van der Waals surface area (Å²) < 4.78 is 12.9. The largest absolute Gasteiger partial charge is 0.476 e. The molecule has 0 radical (unpaired) electrons. The van der Waals surface area contributed by atoms with Crippen molar-refractivity contribution in [3.63, 3.8) is 0 Å². The Morgan fingerprint density at radius 3 is 2.47 bits per heavy atom. The number of carboxylic acids is 1. The van der Waals surface area contributed by atoms with Crippen LogP contribution in [0.15, 0.2) is 34.9 Å². The van der Waals surface area contributed by atoms with Gasteiger partial charge in [0.05, 0.1) is 13.2 Å². The molecule has 3 amide bonds. The Morgan fingerprint density at radius 2 is 1.86 bits per heavy atom. The molecule has 0 saturated heterocycles. The van der Waals surface area contributed by atoms with Crippen LogP contribution in [-0.4, -0.2) is 62.1 Å². The molecule has 2 atom stereocenters. The summed E-state index contributed by atoms with van der Waals surface area (Å²) in [4.78, 5) is 58.6. The standard InChI is InChI=1S/C31H41N5O7/c1-18(2)15-22(32)27(37)36(30(41)34-31(29(40)42-5)13-9-6-10-14-31)24(26-33-25(28(38)39)19(3)43-26)16-20-17-35(4)23-12-8-7-11-21(20)23/h7-8,11-12,17-18,22,24H,6,9-10,13-16,32H2,1-5H3,(H,34,41)(H,38,39)/t22?,24-/m1/s1. The molecule has 2 aromatic heterocycles. The molecule has 0 aliphatic heterocycles. The minimum Gasteiger partial charge on any atom is -0.476 e. The van der Waals surface area contributed by atoms with Crippen LogP contribution >= 0.6 is 0 Å². The number of fused-ring (bicyclic) bond motifs is 1. The van der Waals surface area contributed by atoms with E-state index in [4.69, 9.17) is 14.9 Å². The third kappa shape index (κ3) is 6.58. The van der Waals surface area contributed by atoms with Crippen molar-refractivity contribution < 1.29 is 33.4 Å². The molecule has 2 heterocycles. The zero-order valence-corrected chi connectivity index (χ0v) is 25.4. The van der Waals surface area contributed by atoms with Crippen LogP contribution in [0.2, 0.25) is 0 Å². The molecule has 12 nitrogen and oxygen atoms in total. The number of aromatic carboxylic acids is 1. The highest BCUT2D eigenvalue weighted by Crippen LogP contribution is 2.34. The SMILES string of the molecule is COC(=O)C1(NC(=O)N(C(=O)C(N)CC(C)C)[C@H](Cc2cn(C)c3ccccc23)c2nc(C(=O)O)c(C)o2)CCCCC1. The average Bonchev–Trinajstić information content (AvgIpc) is 3.51. The number of amides is 3. The summed E-state index contributed by atoms with van der Waals surface area (Å²) in [6.45, 7) is 5.28. The van der Waals surface area contributed by atoms with Gasteiger partial charge in [0, 0.05) is 30.6 Å². The van der Waals surface area contributed by atoms with Crippen LogP contribution in [0, 0.1) is 12.8 Å². The molecule has 1 unspecified atom stereocenters. The Morgan fingerprint density at radius 1 is 1.19 bits per heavy atom. The number of para-hydroxylation sites is 1. The number of carbonyl (C=O) groups excluding carboxylic acids is 3. The lowest BCUT2D eigenvalue weighted by Crippen LogP contribution is -2.62. The molecule has 1 fully saturated rings. The van der Waals surface area contributed by atoms with E-state index in [1.165, 1.54) is 14.0 Å². The fraction of sp³-hybridized carbons (Fsp3) is 0.516. The summed E-state index contributed by atoms with van der Waals surface area (Å²) in [5.74, 6) is -2.64. The summed E-state index contributed by atoms with van der Waals surface area (Å²) in [6.07, 6.45) is 5.20. The smallest absolute Gasteiger partial charge is 0.358 e. The van der Waals surface area contributed by atoms with Gasteiger partial charge in [0.1, 0.15) is 17.3 Å². The number of nitrogens with one attached hydrogen (secondary N) is 1. The van der Waals surface area contributed by atoms with Crippen LogP contribution in [0.5, 0.6) is 0 Å². The Labute approximate surface area is 250 Å². The first-order chi connectivity index (χ1) is 20.4. The Bertz CT molecular complexity index is 1500. The molecule has 4 rings (SSSR count). The highest BCUT2D eigenvalue weighted by Gasteiger charge is 2.46. The van der Waals surface area contributed by atoms with Gasteiger partial charge in [-0.2, -0.15) is 0 Å². The zero-order chi connectivity index (χ0) is 31.5. The second kappa shape index (κ2) is 13.0. The number of urea groups is 1. The molecule has 3 aromatic rings. The van der Waals surface area contributed by atoms with Gasteiger partial charge in [-0.25, -0.2) is 19.4 Å². The molecular weight excluding hydrogens is 554 g/mol. The second-order valence-corrected chi connectivity index (χ2v) is 11.8. The number of carboxylic acid groups (broad SMARTS) is 1. The van der Waals surface area contributed by atoms with E-state index in [1.807, 2.05) is 55.9 Å². The van der Waals surface area contributed by atoms with Crippen LogP contribution in [0.4, 0.5) is 4.79 Å². The zero-order valence-electron chi connectivity index (χ0n) is 25.4. The van der Waals surface area contributed by atoms with E-state index in [9.17, 15) is 24.3 Å². The van der Waals surface area contributed by atoms with Crippen molar-refractivity contribution in [1.82, 2.24) is 19.8 Å². The number of hydrogen-bond donors (Lipinski definition) is 3. The number of esters is 1. The topological polar surface area (TPSA) is 170 Å². The average molecular weight is 596 g/mol. The minimum absolute atomic E-state index is 0.0306. The number of benzene rings is 1. The van der Waals surface area contributed by atoms with E-state index < -0.39 is 41.5 Å². The summed E-state index contributed by atoms with van der Waals surface area (Å²) >= 11 is 0. The van der Waals surface area contributed by atoms with Gasteiger partial charge in [-0.05, 0) is 43.7 Å². The van der Waals surface area contributed by atoms with Crippen LogP contribution in [0.3, 0.4) is 0 Å². The number of hydrogen-bond acceptors (Lipinski definition) is 8. The van der Waals surface area contributed by atoms with E-state index in [0.29, 0.717) is 25.7 Å². The molecule has 0 spiro atoms. The maximum atomic E-state index is 14.3. The van der Waals surface area contributed by atoms with Gasteiger partial charge in [-0.3, -0.25) is 9.69 Å². The maximum absolute atomic E-state index is 14.3.